The average Bonchev–Trinajstić information content (AvgIpc) is 3.30. The maximum atomic E-state index is 12.4. The molecular weight excluding hydrogens is 340 g/mol. The van der Waals surface area contributed by atoms with Crippen LogP contribution in [0.1, 0.15) is 50.5 Å². The van der Waals surface area contributed by atoms with Gasteiger partial charge in [-0.15, -0.1) is 0 Å². The first-order chi connectivity index (χ1) is 13.0. The third-order valence-corrected chi connectivity index (χ3v) is 5.91. The Kier molecular flexibility index (Phi) is 6.72. The molecule has 1 aromatic rings. The molecule has 27 heavy (non-hydrogen) atoms. The number of urea groups is 1. The number of hydrogen-bond donors (Lipinski definition) is 3. The summed E-state index contributed by atoms with van der Waals surface area (Å²) in [6.45, 7) is 3.78. The minimum Gasteiger partial charge on any atom is -0.338 e. The Morgan fingerprint density at radius 3 is 2.59 bits per heavy atom. The van der Waals surface area contributed by atoms with Crippen molar-refractivity contribution in [2.24, 2.45) is 5.92 Å². The van der Waals surface area contributed by atoms with Crippen LogP contribution in [0, 0.1) is 12.8 Å². The van der Waals surface area contributed by atoms with E-state index in [1.165, 1.54) is 12.8 Å². The van der Waals surface area contributed by atoms with Gasteiger partial charge in [0.25, 0.3) is 0 Å². The largest absolute Gasteiger partial charge is 0.338 e. The molecule has 1 saturated carbocycles. The summed E-state index contributed by atoms with van der Waals surface area (Å²) in [7, 11) is 2.14. The second-order valence-corrected chi connectivity index (χ2v) is 7.95. The molecule has 6 nitrogen and oxygen atoms in total. The molecule has 1 unspecified atom stereocenters. The van der Waals surface area contributed by atoms with E-state index in [9.17, 15) is 9.59 Å². The zero-order valence-electron chi connectivity index (χ0n) is 16.5. The SMILES string of the molecule is Cc1ccc(NC(=O)NCCC2CCCN2C)cc1NC(=O)C1CCCC1. The van der Waals surface area contributed by atoms with E-state index in [1.54, 1.807) is 0 Å². The minimum absolute atomic E-state index is 0.0953. The van der Waals surface area contributed by atoms with Crippen molar-refractivity contribution in [2.75, 3.05) is 30.8 Å². The monoisotopic (exact) mass is 372 g/mol. The molecule has 6 heteroatoms. The smallest absolute Gasteiger partial charge is 0.319 e. The number of rotatable bonds is 6. The van der Waals surface area contributed by atoms with Crippen LogP contribution in [0.2, 0.25) is 0 Å². The summed E-state index contributed by atoms with van der Waals surface area (Å²) in [6, 6.07) is 6.00. The lowest BCUT2D eigenvalue weighted by Gasteiger charge is -2.19. The number of carbonyl (C=O) groups is 2. The van der Waals surface area contributed by atoms with Crippen molar-refractivity contribution in [2.45, 2.75) is 57.9 Å². The molecule has 3 rings (SSSR count). The Balaban J connectivity index is 1.49. The number of benzene rings is 1. The van der Waals surface area contributed by atoms with E-state index in [4.69, 9.17) is 0 Å². The Hall–Kier alpha value is -2.08. The van der Waals surface area contributed by atoms with Crippen LogP contribution in [0.5, 0.6) is 0 Å². The van der Waals surface area contributed by atoms with Crippen molar-refractivity contribution in [3.8, 4) is 0 Å². The summed E-state index contributed by atoms with van der Waals surface area (Å²) in [6.07, 6.45) is 7.64. The van der Waals surface area contributed by atoms with Gasteiger partial charge >= 0.3 is 6.03 Å². The zero-order chi connectivity index (χ0) is 19.2. The van der Waals surface area contributed by atoms with Gasteiger partial charge in [-0.05, 0) is 70.3 Å². The molecule has 0 aromatic heterocycles. The van der Waals surface area contributed by atoms with Crippen molar-refractivity contribution < 1.29 is 9.59 Å². The van der Waals surface area contributed by atoms with Crippen LogP contribution < -0.4 is 16.0 Å². The molecular formula is C21H32N4O2. The van der Waals surface area contributed by atoms with Gasteiger partial charge in [0.05, 0.1) is 0 Å². The molecule has 1 saturated heterocycles. The third-order valence-electron chi connectivity index (χ3n) is 5.91. The predicted molar refractivity (Wildman–Crippen MR) is 109 cm³/mol. The summed E-state index contributed by atoms with van der Waals surface area (Å²) in [5, 5.41) is 8.84. The van der Waals surface area contributed by atoms with Gasteiger partial charge in [0, 0.05) is 29.9 Å². The van der Waals surface area contributed by atoms with E-state index >= 15 is 0 Å². The number of nitrogens with one attached hydrogen (secondary N) is 3. The maximum absolute atomic E-state index is 12.4. The highest BCUT2D eigenvalue weighted by Gasteiger charge is 2.23. The molecule has 0 spiro atoms. The van der Waals surface area contributed by atoms with E-state index in [0.717, 1.165) is 49.9 Å². The van der Waals surface area contributed by atoms with Gasteiger partial charge < -0.3 is 20.9 Å². The number of carbonyl (C=O) groups excluding carboxylic acids is 2. The van der Waals surface area contributed by atoms with Crippen LogP contribution in [0.4, 0.5) is 16.2 Å². The standard InChI is InChI=1S/C21H32N4O2/c1-15-9-10-17(14-19(15)24-20(26)16-6-3-4-7-16)23-21(27)22-12-11-18-8-5-13-25(18)2/h9-10,14,16,18H,3-8,11-13H2,1-2H3,(H,24,26)(H2,22,23,27). The lowest BCUT2D eigenvalue weighted by Crippen LogP contribution is -2.34. The molecule has 1 aliphatic carbocycles. The van der Waals surface area contributed by atoms with E-state index < -0.39 is 0 Å². The van der Waals surface area contributed by atoms with Crippen LogP contribution in [-0.4, -0.2) is 43.0 Å². The number of likely N-dealkylation sites (tertiary alicyclic amines) is 1. The fourth-order valence-electron chi connectivity index (χ4n) is 4.13. The molecule has 148 valence electrons. The van der Waals surface area contributed by atoms with Crippen LogP contribution in [0.25, 0.3) is 0 Å². The quantitative estimate of drug-likeness (QED) is 0.712. The number of hydrogen-bond acceptors (Lipinski definition) is 3. The molecule has 1 aromatic carbocycles. The van der Waals surface area contributed by atoms with Crippen LogP contribution >= 0.6 is 0 Å². The van der Waals surface area contributed by atoms with Crippen molar-refractivity contribution in [3.05, 3.63) is 23.8 Å². The van der Waals surface area contributed by atoms with E-state index in [0.29, 0.717) is 18.3 Å². The molecule has 3 N–H and O–H groups in total. The normalized spacial score (nSPS) is 20.6. The Labute approximate surface area is 162 Å². The summed E-state index contributed by atoms with van der Waals surface area (Å²) in [5.74, 6) is 0.218. The molecule has 0 bridgehead atoms. The molecule has 1 atom stereocenters. The zero-order valence-corrected chi connectivity index (χ0v) is 16.5. The highest BCUT2D eigenvalue weighted by Crippen LogP contribution is 2.27. The molecule has 2 aliphatic rings. The fraction of sp³-hybridized carbons (Fsp3) is 0.619. The lowest BCUT2D eigenvalue weighted by atomic mass is 10.1. The van der Waals surface area contributed by atoms with Crippen molar-refractivity contribution in [1.29, 1.82) is 0 Å². The van der Waals surface area contributed by atoms with Crippen LogP contribution in [0.3, 0.4) is 0 Å². The first-order valence-electron chi connectivity index (χ1n) is 10.2. The van der Waals surface area contributed by atoms with Gasteiger partial charge in [0.15, 0.2) is 0 Å². The van der Waals surface area contributed by atoms with Crippen molar-refractivity contribution in [1.82, 2.24) is 10.2 Å². The summed E-state index contributed by atoms with van der Waals surface area (Å²) < 4.78 is 0. The Bertz CT molecular complexity index is 670. The molecule has 3 amide bonds. The molecule has 1 heterocycles. The second kappa shape index (κ2) is 9.22. The summed E-state index contributed by atoms with van der Waals surface area (Å²) in [5.41, 5.74) is 2.46. The summed E-state index contributed by atoms with van der Waals surface area (Å²) >= 11 is 0. The van der Waals surface area contributed by atoms with Crippen molar-refractivity contribution >= 4 is 23.3 Å². The number of amides is 3. The van der Waals surface area contributed by atoms with Gasteiger partial charge in [0.2, 0.25) is 5.91 Å². The molecule has 0 radical (unpaired) electrons. The van der Waals surface area contributed by atoms with Crippen molar-refractivity contribution in [3.63, 3.8) is 0 Å². The first kappa shape index (κ1) is 19.7. The predicted octanol–water partition coefficient (Wildman–Crippen LogP) is 3.73. The fourth-order valence-corrected chi connectivity index (χ4v) is 4.13. The average molecular weight is 373 g/mol. The van der Waals surface area contributed by atoms with Gasteiger partial charge in [0.1, 0.15) is 0 Å². The second-order valence-electron chi connectivity index (χ2n) is 7.95. The summed E-state index contributed by atoms with van der Waals surface area (Å²) in [4.78, 5) is 26.9. The molecule has 1 aliphatic heterocycles. The van der Waals surface area contributed by atoms with Gasteiger partial charge in [-0.2, -0.15) is 0 Å². The van der Waals surface area contributed by atoms with Crippen LogP contribution in [0.15, 0.2) is 18.2 Å². The topological polar surface area (TPSA) is 73.5 Å². The Morgan fingerprint density at radius 2 is 1.89 bits per heavy atom. The van der Waals surface area contributed by atoms with Gasteiger partial charge in [-0.3, -0.25) is 4.79 Å². The van der Waals surface area contributed by atoms with E-state index in [2.05, 4.69) is 27.9 Å². The van der Waals surface area contributed by atoms with Gasteiger partial charge in [-0.25, -0.2) is 4.79 Å². The van der Waals surface area contributed by atoms with Crippen LogP contribution in [-0.2, 0) is 4.79 Å². The van der Waals surface area contributed by atoms with E-state index in [1.807, 2.05) is 25.1 Å². The molecule has 2 fully saturated rings. The first-order valence-corrected chi connectivity index (χ1v) is 10.2. The third kappa shape index (κ3) is 5.45. The highest BCUT2D eigenvalue weighted by molar-refractivity contribution is 5.95. The maximum Gasteiger partial charge on any atom is 0.319 e. The number of aryl methyl sites for hydroxylation is 1. The number of anilines is 2. The van der Waals surface area contributed by atoms with Gasteiger partial charge in [-0.1, -0.05) is 18.9 Å². The minimum atomic E-state index is -0.201. The highest BCUT2D eigenvalue weighted by atomic mass is 16.2. The Morgan fingerprint density at radius 1 is 1.11 bits per heavy atom. The lowest BCUT2D eigenvalue weighted by molar-refractivity contribution is -0.119. The van der Waals surface area contributed by atoms with E-state index in [-0.39, 0.29) is 17.9 Å². The number of nitrogens with zero attached hydrogens (tertiary/aromatic N) is 1.